The highest BCUT2D eigenvalue weighted by Crippen LogP contribution is 2.08. The second kappa shape index (κ2) is 6.30. The first-order chi connectivity index (χ1) is 8.04. The van der Waals surface area contributed by atoms with Crippen LogP contribution in [0.4, 0.5) is 0 Å². The highest BCUT2D eigenvalue weighted by molar-refractivity contribution is 5.73. The van der Waals surface area contributed by atoms with Gasteiger partial charge in [-0.2, -0.15) is 0 Å². The molecule has 0 unspecified atom stereocenters. The van der Waals surface area contributed by atoms with Crippen LogP contribution >= 0.6 is 0 Å². The average molecular weight is 237 g/mol. The number of nitrogens with one attached hydrogen (secondary N) is 1. The minimum Gasteiger partial charge on any atom is -0.480 e. The minimum absolute atomic E-state index is 0.0962. The van der Waals surface area contributed by atoms with Crippen LogP contribution in [-0.4, -0.2) is 27.1 Å². The topological polar surface area (TPSA) is 75.1 Å². The van der Waals surface area contributed by atoms with Crippen molar-refractivity contribution in [2.75, 3.05) is 0 Å². The van der Waals surface area contributed by atoms with E-state index in [-0.39, 0.29) is 5.92 Å². The second-order valence-corrected chi connectivity index (χ2v) is 4.22. The van der Waals surface area contributed by atoms with Crippen molar-refractivity contribution < 1.29 is 9.90 Å². The van der Waals surface area contributed by atoms with Gasteiger partial charge in [0.05, 0.1) is 0 Å². The molecule has 5 heteroatoms. The molecule has 0 saturated heterocycles. The molecular formula is C12H19N3O2. The summed E-state index contributed by atoms with van der Waals surface area (Å²) in [4.78, 5) is 19.2. The van der Waals surface area contributed by atoms with Crippen LogP contribution in [0, 0.1) is 12.8 Å². The van der Waals surface area contributed by atoms with E-state index in [1.165, 1.54) is 0 Å². The van der Waals surface area contributed by atoms with Crippen LogP contribution in [0.2, 0.25) is 0 Å². The molecule has 2 N–H and O–H groups in total. The van der Waals surface area contributed by atoms with Crippen LogP contribution in [-0.2, 0) is 11.3 Å². The van der Waals surface area contributed by atoms with E-state index in [0.29, 0.717) is 12.4 Å². The molecule has 17 heavy (non-hydrogen) atoms. The van der Waals surface area contributed by atoms with Gasteiger partial charge in [-0.15, -0.1) is 0 Å². The first-order valence-electron chi connectivity index (χ1n) is 5.78. The maximum Gasteiger partial charge on any atom is 0.320 e. The van der Waals surface area contributed by atoms with E-state index in [0.717, 1.165) is 12.0 Å². The number of aromatic nitrogens is 2. The lowest BCUT2D eigenvalue weighted by atomic mass is 9.99. The molecule has 0 saturated carbocycles. The highest BCUT2D eigenvalue weighted by atomic mass is 16.4. The van der Waals surface area contributed by atoms with Gasteiger partial charge in [-0.25, -0.2) is 9.97 Å². The maximum atomic E-state index is 11.1. The summed E-state index contributed by atoms with van der Waals surface area (Å²) in [6, 6.07) is -0.527. The number of carbonyl (C=O) groups is 1. The Balaban J connectivity index is 2.57. The zero-order valence-electron chi connectivity index (χ0n) is 10.5. The van der Waals surface area contributed by atoms with Gasteiger partial charge < -0.3 is 5.11 Å². The zero-order chi connectivity index (χ0) is 12.8. The predicted octanol–water partition coefficient (Wildman–Crippen LogP) is 1.37. The van der Waals surface area contributed by atoms with Gasteiger partial charge >= 0.3 is 5.97 Å². The molecule has 2 atom stereocenters. The largest absolute Gasteiger partial charge is 0.480 e. The lowest BCUT2D eigenvalue weighted by Crippen LogP contribution is -2.41. The van der Waals surface area contributed by atoms with E-state index in [2.05, 4.69) is 15.3 Å². The fraction of sp³-hybridized carbons (Fsp3) is 0.583. The summed E-state index contributed by atoms with van der Waals surface area (Å²) in [5.41, 5.74) is 0.894. The van der Waals surface area contributed by atoms with Crippen molar-refractivity contribution >= 4 is 5.97 Å². The summed E-state index contributed by atoms with van der Waals surface area (Å²) >= 11 is 0. The summed E-state index contributed by atoms with van der Waals surface area (Å²) < 4.78 is 0. The average Bonchev–Trinajstić information content (AvgIpc) is 2.31. The van der Waals surface area contributed by atoms with Gasteiger partial charge in [0.1, 0.15) is 11.9 Å². The quantitative estimate of drug-likeness (QED) is 0.781. The standard InChI is InChI=1S/C12H19N3O2/c1-4-8(2)11(12(16)17)15-7-10-5-13-9(3)14-6-10/h5-6,8,11,15H,4,7H2,1-3H3,(H,16,17)/t8-,11-/m0/s1. The van der Waals surface area contributed by atoms with E-state index in [1.54, 1.807) is 12.4 Å². The fourth-order valence-electron chi connectivity index (χ4n) is 1.51. The molecular weight excluding hydrogens is 218 g/mol. The first-order valence-corrected chi connectivity index (χ1v) is 5.78. The number of carboxylic acids is 1. The zero-order valence-corrected chi connectivity index (χ0v) is 10.5. The van der Waals surface area contributed by atoms with Crippen molar-refractivity contribution in [3.63, 3.8) is 0 Å². The van der Waals surface area contributed by atoms with E-state index < -0.39 is 12.0 Å². The Hall–Kier alpha value is -1.49. The number of aryl methyl sites for hydroxylation is 1. The van der Waals surface area contributed by atoms with E-state index in [4.69, 9.17) is 5.11 Å². The van der Waals surface area contributed by atoms with Gasteiger partial charge in [0.15, 0.2) is 0 Å². The summed E-state index contributed by atoms with van der Waals surface area (Å²) in [5.74, 6) is -0.00305. The van der Waals surface area contributed by atoms with Crippen LogP contribution in [0.1, 0.15) is 31.7 Å². The smallest absolute Gasteiger partial charge is 0.320 e. The third-order valence-electron chi connectivity index (χ3n) is 2.84. The van der Waals surface area contributed by atoms with Crippen molar-refractivity contribution in [2.45, 2.75) is 39.8 Å². The van der Waals surface area contributed by atoms with Crippen molar-refractivity contribution in [3.05, 3.63) is 23.8 Å². The highest BCUT2D eigenvalue weighted by Gasteiger charge is 2.22. The normalized spacial score (nSPS) is 14.3. The Morgan fingerprint density at radius 2 is 2.06 bits per heavy atom. The summed E-state index contributed by atoms with van der Waals surface area (Å²) in [6.45, 7) is 6.20. The molecule has 1 heterocycles. The summed E-state index contributed by atoms with van der Waals surface area (Å²) in [6.07, 6.45) is 4.25. The van der Waals surface area contributed by atoms with Gasteiger partial charge in [-0.1, -0.05) is 20.3 Å². The molecule has 0 amide bonds. The molecule has 94 valence electrons. The van der Waals surface area contributed by atoms with Crippen molar-refractivity contribution in [1.82, 2.24) is 15.3 Å². The third-order valence-corrected chi connectivity index (χ3v) is 2.84. The second-order valence-electron chi connectivity index (χ2n) is 4.22. The number of hydrogen-bond donors (Lipinski definition) is 2. The fourth-order valence-corrected chi connectivity index (χ4v) is 1.51. The number of aliphatic carboxylic acids is 1. The molecule has 0 bridgehead atoms. The molecule has 1 rings (SSSR count). The molecule has 0 aliphatic carbocycles. The molecule has 1 aromatic heterocycles. The van der Waals surface area contributed by atoms with Crippen LogP contribution < -0.4 is 5.32 Å². The summed E-state index contributed by atoms with van der Waals surface area (Å²) in [7, 11) is 0. The Morgan fingerprint density at radius 3 is 2.53 bits per heavy atom. The Morgan fingerprint density at radius 1 is 1.47 bits per heavy atom. The van der Waals surface area contributed by atoms with Crippen LogP contribution in [0.15, 0.2) is 12.4 Å². The van der Waals surface area contributed by atoms with E-state index in [9.17, 15) is 4.79 Å². The Labute approximate surface area is 101 Å². The first kappa shape index (κ1) is 13.6. The molecule has 0 fully saturated rings. The SMILES string of the molecule is CC[C@H](C)[C@H](NCc1cnc(C)nc1)C(=O)O. The predicted molar refractivity (Wildman–Crippen MR) is 64.5 cm³/mol. The molecule has 0 aliphatic rings. The number of rotatable bonds is 6. The molecule has 0 aromatic carbocycles. The van der Waals surface area contributed by atoms with Crippen molar-refractivity contribution in [1.29, 1.82) is 0 Å². The van der Waals surface area contributed by atoms with Crippen molar-refractivity contribution in [2.24, 2.45) is 5.92 Å². The Bertz CT molecular complexity index is 365. The number of hydrogen-bond acceptors (Lipinski definition) is 4. The van der Waals surface area contributed by atoms with Gasteiger partial charge in [0.2, 0.25) is 0 Å². The lowest BCUT2D eigenvalue weighted by molar-refractivity contribution is -0.140. The Kier molecular flexibility index (Phi) is 5.03. The third kappa shape index (κ3) is 4.11. The van der Waals surface area contributed by atoms with E-state index in [1.807, 2.05) is 20.8 Å². The monoisotopic (exact) mass is 237 g/mol. The number of nitrogens with zero attached hydrogens (tertiary/aromatic N) is 2. The van der Waals surface area contributed by atoms with Gasteiger partial charge in [-0.3, -0.25) is 10.1 Å². The van der Waals surface area contributed by atoms with E-state index >= 15 is 0 Å². The maximum absolute atomic E-state index is 11.1. The van der Waals surface area contributed by atoms with Crippen LogP contribution in [0.3, 0.4) is 0 Å². The van der Waals surface area contributed by atoms with Crippen LogP contribution in [0.5, 0.6) is 0 Å². The van der Waals surface area contributed by atoms with Gasteiger partial charge in [0.25, 0.3) is 0 Å². The molecule has 1 aromatic rings. The lowest BCUT2D eigenvalue weighted by Gasteiger charge is -2.19. The van der Waals surface area contributed by atoms with Crippen LogP contribution in [0.25, 0.3) is 0 Å². The molecule has 5 nitrogen and oxygen atoms in total. The number of carboxylic acid groups (broad SMARTS) is 1. The molecule has 0 radical (unpaired) electrons. The molecule has 0 spiro atoms. The van der Waals surface area contributed by atoms with Gasteiger partial charge in [0, 0.05) is 24.5 Å². The van der Waals surface area contributed by atoms with Gasteiger partial charge in [-0.05, 0) is 12.8 Å². The minimum atomic E-state index is -0.813. The summed E-state index contributed by atoms with van der Waals surface area (Å²) in [5, 5.41) is 12.1. The molecule has 0 aliphatic heterocycles. The van der Waals surface area contributed by atoms with Crippen molar-refractivity contribution in [3.8, 4) is 0 Å².